The molecule has 1 aliphatic rings. The molecule has 0 saturated carbocycles. The van der Waals surface area contributed by atoms with Crippen LogP contribution in [0.1, 0.15) is 32.8 Å². The second-order valence-corrected chi connectivity index (χ2v) is 6.94. The first-order valence-corrected chi connectivity index (χ1v) is 8.92. The molecule has 1 aromatic rings. The molecule has 1 atom stereocenters. The molecule has 0 radical (unpaired) electrons. The Morgan fingerprint density at radius 3 is 2.70 bits per heavy atom. The summed E-state index contributed by atoms with van der Waals surface area (Å²) in [6, 6.07) is 3.19. The molecule has 0 bridgehead atoms. The molecule has 2 rings (SSSR count). The first-order valence-electron chi connectivity index (χ1n) is 7.31. The van der Waals surface area contributed by atoms with E-state index in [1.54, 1.807) is 18.2 Å². The molecular weight excluding hydrogens is 382 g/mol. The number of benzene rings is 1. The maximum atomic E-state index is 12.4. The van der Waals surface area contributed by atoms with Gasteiger partial charge in [-0.2, -0.15) is 0 Å². The molecule has 1 aliphatic heterocycles. The zero-order chi connectivity index (χ0) is 17.1. The molecule has 1 saturated heterocycles. The van der Waals surface area contributed by atoms with E-state index in [-0.39, 0.29) is 22.9 Å². The lowest BCUT2D eigenvalue weighted by atomic mass is 10.1. The number of aromatic hydroxyl groups is 1. The highest BCUT2D eigenvalue weighted by Gasteiger charge is 2.37. The lowest BCUT2D eigenvalue weighted by Crippen LogP contribution is -2.36. The van der Waals surface area contributed by atoms with Crippen molar-refractivity contribution in [2.75, 3.05) is 6.61 Å². The normalized spacial score (nSPS) is 17.9. The minimum absolute atomic E-state index is 0.0108. The molecule has 2 amide bonds. The number of halogens is 1. The quantitative estimate of drug-likeness (QED) is 0.743. The second-order valence-electron chi connectivity index (χ2n) is 5.09. The van der Waals surface area contributed by atoms with Gasteiger partial charge in [0.25, 0.3) is 11.1 Å². The Hall–Kier alpha value is -1.47. The molecule has 1 fully saturated rings. The molecule has 5 nitrogen and oxygen atoms in total. The molecule has 23 heavy (non-hydrogen) atoms. The van der Waals surface area contributed by atoms with Gasteiger partial charge < -0.3 is 9.84 Å². The standard InChI is InChI=1S/C16H18BrNO4S/c1-4-9(3)18-15(20)13(23-16(18)21)8-10-6-11(17)14(19)12(7-10)22-5-2/h6-9,19H,4-5H2,1-3H3/b13-8+/t9-/m1/s1. The predicted octanol–water partition coefficient (Wildman–Crippen LogP) is 4.39. The molecule has 0 aromatic heterocycles. The number of hydrogen-bond donors (Lipinski definition) is 1. The molecular formula is C16H18BrNO4S. The summed E-state index contributed by atoms with van der Waals surface area (Å²) in [4.78, 5) is 26.1. The predicted molar refractivity (Wildman–Crippen MR) is 94.5 cm³/mol. The van der Waals surface area contributed by atoms with Crippen molar-refractivity contribution in [3.63, 3.8) is 0 Å². The van der Waals surface area contributed by atoms with Gasteiger partial charge in [0, 0.05) is 6.04 Å². The van der Waals surface area contributed by atoms with Gasteiger partial charge in [-0.1, -0.05) is 6.92 Å². The van der Waals surface area contributed by atoms with Crippen molar-refractivity contribution >= 4 is 44.9 Å². The average Bonchev–Trinajstić information content (AvgIpc) is 2.78. The maximum Gasteiger partial charge on any atom is 0.293 e. The van der Waals surface area contributed by atoms with Crippen LogP contribution in [-0.4, -0.2) is 33.8 Å². The third-order valence-electron chi connectivity index (χ3n) is 3.50. The number of thioether (sulfide) groups is 1. The monoisotopic (exact) mass is 399 g/mol. The van der Waals surface area contributed by atoms with Crippen molar-refractivity contribution in [2.45, 2.75) is 33.2 Å². The van der Waals surface area contributed by atoms with E-state index in [1.807, 2.05) is 20.8 Å². The fourth-order valence-corrected chi connectivity index (χ4v) is 3.53. The molecule has 7 heteroatoms. The fourth-order valence-electron chi connectivity index (χ4n) is 2.14. The van der Waals surface area contributed by atoms with Gasteiger partial charge in [-0.15, -0.1) is 0 Å². The average molecular weight is 400 g/mol. The summed E-state index contributed by atoms with van der Waals surface area (Å²) in [6.07, 6.45) is 2.35. The highest BCUT2D eigenvalue weighted by Crippen LogP contribution is 2.38. The highest BCUT2D eigenvalue weighted by atomic mass is 79.9. The van der Waals surface area contributed by atoms with Crippen molar-refractivity contribution in [3.05, 3.63) is 27.1 Å². The third kappa shape index (κ3) is 3.72. The Kier molecular flexibility index (Phi) is 5.75. The number of ether oxygens (including phenoxy) is 1. The van der Waals surface area contributed by atoms with Crippen molar-refractivity contribution in [1.82, 2.24) is 4.90 Å². The van der Waals surface area contributed by atoms with Crippen molar-refractivity contribution in [1.29, 1.82) is 0 Å². The number of carbonyl (C=O) groups is 2. The minimum atomic E-state index is -0.281. The maximum absolute atomic E-state index is 12.4. The van der Waals surface area contributed by atoms with Crippen molar-refractivity contribution < 1.29 is 19.4 Å². The second kappa shape index (κ2) is 7.40. The van der Waals surface area contributed by atoms with Gasteiger partial charge in [0.15, 0.2) is 11.5 Å². The molecule has 0 aliphatic carbocycles. The molecule has 0 unspecified atom stereocenters. The van der Waals surface area contributed by atoms with Crippen LogP contribution in [0.3, 0.4) is 0 Å². The van der Waals surface area contributed by atoms with Crippen LogP contribution in [0.4, 0.5) is 4.79 Å². The third-order valence-corrected chi connectivity index (χ3v) is 4.99. The van der Waals surface area contributed by atoms with Crippen LogP contribution < -0.4 is 4.74 Å². The number of amides is 2. The van der Waals surface area contributed by atoms with E-state index in [4.69, 9.17) is 4.74 Å². The summed E-state index contributed by atoms with van der Waals surface area (Å²) in [7, 11) is 0. The number of carbonyl (C=O) groups excluding carboxylic acids is 2. The van der Waals surface area contributed by atoms with E-state index < -0.39 is 0 Å². The largest absolute Gasteiger partial charge is 0.503 e. The van der Waals surface area contributed by atoms with Gasteiger partial charge in [0.2, 0.25) is 0 Å². The summed E-state index contributed by atoms with van der Waals surface area (Å²) in [5, 5.41) is 9.68. The van der Waals surface area contributed by atoms with Crippen LogP contribution in [0, 0.1) is 0 Å². The number of nitrogens with zero attached hydrogens (tertiary/aromatic N) is 1. The van der Waals surface area contributed by atoms with E-state index in [2.05, 4.69) is 15.9 Å². The first kappa shape index (κ1) is 17.9. The summed E-state index contributed by atoms with van der Waals surface area (Å²) in [5.74, 6) is 0.0579. The Balaban J connectivity index is 2.36. The Morgan fingerprint density at radius 2 is 2.09 bits per heavy atom. The summed E-state index contributed by atoms with van der Waals surface area (Å²) in [6.45, 7) is 6.01. The molecule has 0 spiro atoms. The summed E-state index contributed by atoms with van der Waals surface area (Å²) < 4.78 is 5.84. The molecule has 124 valence electrons. The fraction of sp³-hybridized carbons (Fsp3) is 0.375. The zero-order valence-corrected chi connectivity index (χ0v) is 15.5. The summed E-state index contributed by atoms with van der Waals surface area (Å²) in [5.41, 5.74) is 0.674. The topological polar surface area (TPSA) is 66.8 Å². The van der Waals surface area contributed by atoms with Crippen LogP contribution in [0.2, 0.25) is 0 Å². The van der Waals surface area contributed by atoms with Gasteiger partial charge in [0.1, 0.15) is 0 Å². The van der Waals surface area contributed by atoms with Crippen molar-refractivity contribution in [3.8, 4) is 11.5 Å². The number of imide groups is 1. The van der Waals surface area contributed by atoms with Crippen LogP contribution in [0.15, 0.2) is 21.5 Å². The SMILES string of the molecule is CCOc1cc(/C=C2/SC(=O)N([C@H](C)CC)C2=O)cc(Br)c1O. The number of rotatable bonds is 5. The van der Waals surface area contributed by atoms with E-state index in [1.165, 1.54) is 4.90 Å². The van der Waals surface area contributed by atoms with Crippen molar-refractivity contribution in [2.24, 2.45) is 0 Å². The van der Waals surface area contributed by atoms with E-state index in [0.29, 0.717) is 33.7 Å². The van der Waals surface area contributed by atoms with E-state index in [9.17, 15) is 14.7 Å². The number of phenolic OH excluding ortho intramolecular Hbond substituents is 1. The van der Waals surface area contributed by atoms with Gasteiger partial charge in [-0.05, 0) is 71.7 Å². The molecule has 1 heterocycles. The Labute approximate surface area is 147 Å². The summed E-state index contributed by atoms with van der Waals surface area (Å²) >= 11 is 4.19. The Bertz CT molecular complexity index is 674. The number of hydrogen-bond acceptors (Lipinski definition) is 5. The zero-order valence-electron chi connectivity index (χ0n) is 13.1. The Morgan fingerprint density at radius 1 is 1.39 bits per heavy atom. The van der Waals surface area contributed by atoms with E-state index in [0.717, 1.165) is 11.8 Å². The van der Waals surface area contributed by atoms with Crippen LogP contribution >= 0.6 is 27.7 Å². The lowest BCUT2D eigenvalue weighted by Gasteiger charge is -2.19. The highest BCUT2D eigenvalue weighted by molar-refractivity contribution is 9.10. The van der Waals surface area contributed by atoms with E-state index >= 15 is 0 Å². The lowest BCUT2D eigenvalue weighted by molar-refractivity contribution is -0.124. The van der Waals surface area contributed by atoms with Gasteiger partial charge in [0.05, 0.1) is 16.0 Å². The molecule has 1 aromatic carbocycles. The smallest absolute Gasteiger partial charge is 0.293 e. The molecule has 1 N–H and O–H groups in total. The van der Waals surface area contributed by atoms with Crippen LogP contribution in [-0.2, 0) is 4.79 Å². The van der Waals surface area contributed by atoms with Crippen LogP contribution in [0.5, 0.6) is 11.5 Å². The van der Waals surface area contributed by atoms with Gasteiger partial charge in [-0.3, -0.25) is 14.5 Å². The van der Waals surface area contributed by atoms with Gasteiger partial charge in [-0.25, -0.2) is 0 Å². The first-order chi connectivity index (χ1) is 10.9. The van der Waals surface area contributed by atoms with Gasteiger partial charge >= 0.3 is 0 Å². The number of phenols is 1. The minimum Gasteiger partial charge on any atom is -0.503 e. The van der Waals surface area contributed by atoms with Crippen LogP contribution in [0.25, 0.3) is 6.08 Å².